The van der Waals surface area contributed by atoms with Gasteiger partial charge in [-0.15, -0.1) is 0 Å². The van der Waals surface area contributed by atoms with Crippen LogP contribution in [0.25, 0.3) is 0 Å². The number of nitriles is 1. The van der Waals surface area contributed by atoms with Gasteiger partial charge in [0.05, 0.1) is 6.07 Å². The molecular formula is C10H10ClNO2. The van der Waals surface area contributed by atoms with Gasteiger partial charge in [0.25, 0.3) is 0 Å². The molecule has 0 aliphatic rings. The zero-order valence-electron chi connectivity index (χ0n) is 7.61. The van der Waals surface area contributed by atoms with Crippen molar-refractivity contribution in [1.29, 1.82) is 5.26 Å². The average molecular weight is 212 g/mol. The summed E-state index contributed by atoms with van der Waals surface area (Å²) in [6, 6.07) is 6.58. The van der Waals surface area contributed by atoms with E-state index in [1.807, 2.05) is 6.92 Å². The van der Waals surface area contributed by atoms with Gasteiger partial charge in [0.2, 0.25) is 0 Å². The second kappa shape index (κ2) is 4.43. The number of rotatable bonds is 2. The van der Waals surface area contributed by atoms with Crippen LogP contribution in [-0.2, 0) is 0 Å². The first-order valence-electron chi connectivity index (χ1n) is 4.08. The molecule has 0 amide bonds. The fourth-order valence-corrected chi connectivity index (χ4v) is 1.46. The summed E-state index contributed by atoms with van der Waals surface area (Å²) in [5, 5.41) is 27.4. The van der Waals surface area contributed by atoms with Gasteiger partial charge in [-0.05, 0) is 18.6 Å². The zero-order chi connectivity index (χ0) is 10.7. The summed E-state index contributed by atoms with van der Waals surface area (Å²) in [6.45, 7) is 1.86. The van der Waals surface area contributed by atoms with Crippen LogP contribution < -0.4 is 0 Å². The molecule has 74 valence electrons. The maximum absolute atomic E-state index is 9.50. The maximum atomic E-state index is 9.50. The van der Waals surface area contributed by atoms with Crippen LogP contribution in [0.2, 0.25) is 5.02 Å². The Bertz CT molecular complexity index is 373. The van der Waals surface area contributed by atoms with E-state index in [-0.39, 0.29) is 0 Å². The van der Waals surface area contributed by atoms with Crippen molar-refractivity contribution in [3.05, 3.63) is 34.3 Å². The average Bonchev–Trinajstić information content (AvgIpc) is 2.15. The van der Waals surface area contributed by atoms with Gasteiger partial charge in [-0.3, -0.25) is 0 Å². The normalized spacial score (nSPS) is 14.5. The first kappa shape index (κ1) is 11.0. The lowest BCUT2D eigenvalue weighted by atomic mass is 10.0. The quantitative estimate of drug-likeness (QED) is 0.730. The van der Waals surface area contributed by atoms with E-state index in [2.05, 4.69) is 0 Å². The van der Waals surface area contributed by atoms with Gasteiger partial charge in [-0.1, -0.05) is 23.7 Å². The zero-order valence-corrected chi connectivity index (χ0v) is 8.36. The summed E-state index contributed by atoms with van der Waals surface area (Å²) in [4.78, 5) is 0. The third-order valence-corrected chi connectivity index (χ3v) is 2.23. The van der Waals surface area contributed by atoms with Gasteiger partial charge in [0, 0.05) is 10.6 Å². The molecular weight excluding hydrogens is 202 g/mol. The molecule has 0 aliphatic carbocycles. The molecule has 0 heterocycles. The Morgan fingerprint density at radius 1 is 1.43 bits per heavy atom. The van der Waals surface area contributed by atoms with Gasteiger partial charge < -0.3 is 10.2 Å². The fourth-order valence-electron chi connectivity index (χ4n) is 1.11. The van der Waals surface area contributed by atoms with Crippen molar-refractivity contribution in [1.82, 2.24) is 0 Å². The molecule has 14 heavy (non-hydrogen) atoms. The Morgan fingerprint density at radius 3 is 2.57 bits per heavy atom. The first-order valence-corrected chi connectivity index (χ1v) is 4.46. The molecule has 2 unspecified atom stereocenters. The molecule has 0 saturated carbocycles. The molecule has 0 fully saturated rings. The van der Waals surface area contributed by atoms with Crippen molar-refractivity contribution in [2.75, 3.05) is 0 Å². The standard InChI is InChI=1S/C10H10ClNO2/c1-6-2-3-7(8(11)4-6)10(14)9(13)5-12/h2-4,9-10,13-14H,1H3. The topological polar surface area (TPSA) is 64.2 Å². The van der Waals surface area contributed by atoms with E-state index in [1.54, 1.807) is 24.3 Å². The van der Waals surface area contributed by atoms with E-state index >= 15 is 0 Å². The Balaban J connectivity index is 3.03. The van der Waals surface area contributed by atoms with Crippen molar-refractivity contribution >= 4 is 11.6 Å². The van der Waals surface area contributed by atoms with Crippen LogP contribution in [0, 0.1) is 18.3 Å². The second-order valence-corrected chi connectivity index (χ2v) is 3.45. The summed E-state index contributed by atoms with van der Waals surface area (Å²) in [5.41, 5.74) is 1.32. The van der Waals surface area contributed by atoms with Crippen molar-refractivity contribution in [3.63, 3.8) is 0 Å². The Labute approximate surface area is 87.2 Å². The van der Waals surface area contributed by atoms with E-state index in [9.17, 15) is 5.11 Å². The summed E-state index contributed by atoms with van der Waals surface area (Å²) in [5.74, 6) is 0. The minimum Gasteiger partial charge on any atom is -0.384 e. The highest BCUT2D eigenvalue weighted by Crippen LogP contribution is 2.25. The Kier molecular flexibility index (Phi) is 3.48. The predicted molar refractivity (Wildman–Crippen MR) is 52.8 cm³/mol. The van der Waals surface area contributed by atoms with E-state index < -0.39 is 12.2 Å². The Morgan fingerprint density at radius 2 is 2.07 bits per heavy atom. The number of halogens is 1. The summed E-state index contributed by atoms with van der Waals surface area (Å²) >= 11 is 5.84. The number of hydrogen-bond donors (Lipinski definition) is 2. The Hall–Kier alpha value is -1.08. The first-order chi connectivity index (χ1) is 6.56. The molecule has 0 aromatic heterocycles. The molecule has 0 saturated heterocycles. The van der Waals surface area contributed by atoms with E-state index in [4.69, 9.17) is 22.0 Å². The number of benzene rings is 1. The molecule has 2 atom stereocenters. The number of aryl methyl sites for hydroxylation is 1. The number of hydrogen-bond acceptors (Lipinski definition) is 3. The van der Waals surface area contributed by atoms with Gasteiger partial charge in [0.1, 0.15) is 6.10 Å². The van der Waals surface area contributed by atoms with Crippen LogP contribution in [0.4, 0.5) is 0 Å². The van der Waals surface area contributed by atoms with Gasteiger partial charge >= 0.3 is 0 Å². The third-order valence-electron chi connectivity index (χ3n) is 1.91. The summed E-state index contributed by atoms with van der Waals surface area (Å²) in [7, 11) is 0. The van der Waals surface area contributed by atoms with Crippen molar-refractivity contribution in [2.24, 2.45) is 0 Å². The van der Waals surface area contributed by atoms with Crippen LogP contribution in [-0.4, -0.2) is 16.3 Å². The largest absolute Gasteiger partial charge is 0.384 e. The molecule has 0 aliphatic heterocycles. The second-order valence-electron chi connectivity index (χ2n) is 3.04. The van der Waals surface area contributed by atoms with Crippen LogP contribution >= 0.6 is 11.6 Å². The number of nitrogens with zero attached hydrogens (tertiary/aromatic N) is 1. The molecule has 3 nitrogen and oxygen atoms in total. The van der Waals surface area contributed by atoms with Crippen LogP contribution in [0.15, 0.2) is 18.2 Å². The van der Waals surface area contributed by atoms with Crippen LogP contribution in [0.5, 0.6) is 0 Å². The highest BCUT2D eigenvalue weighted by Gasteiger charge is 2.19. The molecule has 2 N–H and O–H groups in total. The van der Waals surface area contributed by atoms with Crippen molar-refractivity contribution in [3.8, 4) is 6.07 Å². The fraction of sp³-hybridized carbons (Fsp3) is 0.300. The minimum absolute atomic E-state index is 0.354. The highest BCUT2D eigenvalue weighted by atomic mass is 35.5. The number of aliphatic hydroxyl groups excluding tert-OH is 2. The minimum atomic E-state index is -1.45. The molecule has 4 heteroatoms. The van der Waals surface area contributed by atoms with Crippen LogP contribution in [0.1, 0.15) is 17.2 Å². The summed E-state index contributed by atoms with van der Waals surface area (Å²) in [6.07, 6.45) is -2.71. The molecule has 1 rings (SSSR count). The lowest BCUT2D eigenvalue weighted by molar-refractivity contribution is 0.0528. The molecule has 0 bridgehead atoms. The van der Waals surface area contributed by atoms with Crippen LogP contribution in [0.3, 0.4) is 0 Å². The molecule has 0 radical (unpaired) electrons. The molecule has 1 aromatic rings. The molecule has 1 aromatic carbocycles. The van der Waals surface area contributed by atoms with Crippen molar-refractivity contribution in [2.45, 2.75) is 19.1 Å². The van der Waals surface area contributed by atoms with E-state index in [0.717, 1.165) is 5.56 Å². The van der Waals surface area contributed by atoms with E-state index in [1.165, 1.54) is 0 Å². The predicted octanol–water partition coefficient (Wildman–Crippen LogP) is 1.57. The SMILES string of the molecule is Cc1ccc(C(O)C(O)C#N)c(Cl)c1. The van der Waals surface area contributed by atoms with Crippen molar-refractivity contribution < 1.29 is 10.2 Å². The number of aliphatic hydroxyl groups is 2. The lowest BCUT2D eigenvalue weighted by Crippen LogP contribution is -2.16. The van der Waals surface area contributed by atoms with Gasteiger partial charge in [-0.2, -0.15) is 5.26 Å². The van der Waals surface area contributed by atoms with E-state index in [0.29, 0.717) is 10.6 Å². The maximum Gasteiger partial charge on any atom is 0.170 e. The highest BCUT2D eigenvalue weighted by molar-refractivity contribution is 6.31. The third kappa shape index (κ3) is 2.24. The monoisotopic (exact) mass is 211 g/mol. The smallest absolute Gasteiger partial charge is 0.170 e. The lowest BCUT2D eigenvalue weighted by Gasteiger charge is -2.13. The van der Waals surface area contributed by atoms with Gasteiger partial charge in [-0.25, -0.2) is 0 Å². The molecule has 0 spiro atoms. The van der Waals surface area contributed by atoms with Gasteiger partial charge in [0.15, 0.2) is 6.10 Å². The summed E-state index contributed by atoms with van der Waals surface area (Å²) < 4.78 is 0.